The number of hydrogen-bond donors (Lipinski definition) is 1. The first kappa shape index (κ1) is 15.8. The predicted molar refractivity (Wildman–Crippen MR) is 76.6 cm³/mol. The highest BCUT2D eigenvalue weighted by Gasteiger charge is 2.27. The smallest absolute Gasteiger partial charge is 0.241 e. The molecule has 7 nitrogen and oxygen atoms in total. The fourth-order valence-electron chi connectivity index (χ4n) is 1.90. The molecule has 1 heterocycles. The number of ether oxygens (including phenoxy) is 2. The molecule has 1 aliphatic heterocycles. The van der Waals surface area contributed by atoms with Gasteiger partial charge in [-0.15, -0.1) is 0 Å². The molecule has 1 atom stereocenters. The molecule has 0 radical (unpaired) electrons. The van der Waals surface area contributed by atoms with Gasteiger partial charge in [0.2, 0.25) is 10.0 Å². The lowest BCUT2D eigenvalue weighted by Crippen LogP contribution is -2.35. The van der Waals surface area contributed by atoms with E-state index < -0.39 is 25.9 Å². The summed E-state index contributed by atoms with van der Waals surface area (Å²) in [4.78, 5) is -0.0298. The molecule has 2 rings (SSSR count). The molecule has 0 bridgehead atoms. The Bertz CT molecular complexity index is 767. The molecule has 0 unspecified atom stereocenters. The van der Waals surface area contributed by atoms with Gasteiger partial charge in [-0.25, -0.2) is 21.6 Å². The fraction of sp³-hybridized carbons (Fsp3) is 0.333. The second kappa shape index (κ2) is 5.66. The van der Waals surface area contributed by atoms with Crippen LogP contribution in [0.4, 0.5) is 0 Å². The van der Waals surface area contributed by atoms with Gasteiger partial charge in [-0.05, 0) is 12.1 Å². The third-order valence-electron chi connectivity index (χ3n) is 2.90. The average molecular weight is 333 g/mol. The molecule has 1 N–H and O–H groups in total. The number of methoxy groups -OCH3 is 2. The monoisotopic (exact) mass is 333 g/mol. The summed E-state index contributed by atoms with van der Waals surface area (Å²) in [5, 5.41) is 1.01. The van der Waals surface area contributed by atoms with E-state index in [1.807, 2.05) is 0 Å². The van der Waals surface area contributed by atoms with E-state index in [4.69, 9.17) is 9.47 Å². The van der Waals surface area contributed by atoms with Crippen molar-refractivity contribution in [3.05, 3.63) is 29.7 Å². The van der Waals surface area contributed by atoms with Crippen LogP contribution in [0.2, 0.25) is 0 Å². The third kappa shape index (κ3) is 3.55. The number of sulfonamides is 1. The van der Waals surface area contributed by atoms with Gasteiger partial charge in [0.15, 0.2) is 21.3 Å². The molecule has 0 amide bonds. The highest BCUT2D eigenvalue weighted by molar-refractivity contribution is 7.94. The normalized spacial score (nSPS) is 20.4. The van der Waals surface area contributed by atoms with Crippen LogP contribution in [0.25, 0.3) is 0 Å². The standard InChI is InChI=1S/C12H15NO6S2/c1-18-11-4-3-10(7-12(11)19-2)21(16,17)13-9-5-6-20(14,15)8-9/h3-7,9,13H,8H2,1-2H3/t9-/m1/s1. The number of benzene rings is 1. The van der Waals surface area contributed by atoms with Crippen molar-refractivity contribution in [1.29, 1.82) is 0 Å². The number of nitrogens with one attached hydrogen (secondary N) is 1. The minimum absolute atomic E-state index is 0.0298. The summed E-state index contributed by atoms with van der Waals surface area (Å²) < 4.78 is 59.4. The Morgan fingerprint density at radius 2 is 1.86 bits per heavy atom. The van der Waals surface area contributed by atoms with Gasteiger partial charge in [-0.3, -0.25) is 0 Å². The predicted octanol–water partition coefficient (Wildman–Crippen LogP) is 0.293. The Hall–Kier alpha value is -1.58. The van der Waals surface area contributed by atoms with Gasteiger partial charge in [-0.1, -0.05) is 6.08 Å². The Morgan fingerprint density at radius 1 is 1.19 bits per heavy atom. The summed E-state index contributed by atoms with van der Waals surface area (Å²) in [6.45, 7) is 0. The summed E-state index contributed by atoms with van der Waals surface area (Å²) in [6, 6.07) is 3.37. The quantitative estimate of drug-likeness (QED) is 0.832. The van der Waals surface area contributed by atoms with Crippen LogP contribution in [-0.4, -0.2) is 42.8 Å². The molecule has 0 spiro atoms. The Labute approximate surface area is 123 Å². The van der Waals surface area contributed by atoms with Crippen molar-refractivity contribution in [2.45, 2.75) is 10.9 Å². The largest absolute Gasteiger partial charge is 0.493 e. The van der Waals surface area contributed by atoms with E-state index in [1.165, 1.54) is 38.5 Å². The molecular formula is C12H15NO6S2. The Kier molecular flexibility index (Phi) is 4.26. The zero-order valence-corrected chi connectivity index (χ0v) is 13.1. The van der Waals surface area contributed by atoms with Gasteiger partial charge < -0.3 is 9.47 Å². The molecule has 0 fully saturated rings. The van der Waals surface area contributed by atoms with Crippen LogP contribution in [0.3, 0.4) is 0 Å². The Morgan fingerprint density at radius 3 is 2.38 bits per heavy atom. The molecule has 0 aliphatic carbocycles. The number of hydrogen-bond acceptors (Lipinski definition) is 6. The summed E-state index contributed by atoms with van der Waals surface area (Å²) in [7, 11) is -4.34. The molecule has 1 aliphatic rings. The van der Waals surface area contributed by atoms with E-state index in [2.05, 4.69) is 4.72 Å². The summed E-state index contributed by atoms with van der Waals surface area (Å²) >= 11 is 0. The van der Waals surface area contributed by atoms with Gasteiger partial charge in [0.1, 0.15) is 0 Å². The number of sulfone groups is 1. The zero-order valence-electron chi connectivity index (χ0n) is 11.4. The highest BCUT2D eigenvalue weighted by atomic mass is 32.2. The molecule has 1 aromatic rings. The van der Waals surface area contributed by atoms with Crippen LogP contribution in [0.1, 0.15) is 0 Å². The van der Waals surface area contributed by atoms with Gasteiger partial charge in [0, 0.05) is 11.5 Å². The molecule has 116 valence electrons. The van der Waals surface area contributed by atoms with Crippen molar-refractivity contribution in [1.82, 2.24) is 4.72 Å². The lowest BCUT2D eigenvalue weighted by molar-refractivity contribution is 0.354. The first-order chi connectivity index (χ1) is 9.77. The van der Waals surface area contributed by atoms with Crippen molar-refractivity contribution in [2.75, 3.05) is 20.0 Å². The maximum absolute atomic E-state index is 12.2. The van der Waals surface area contributed by atoms with E-state index in [9.17, 15) is 16.8 Å². The van der Waals surface area contributed by atoms with E-state index in [-0.39, 0.29) is 16.4 Å². The first-order valence-corrected chi connectivity index (χ1v) is 9.12. The van der Waals surface area contributed by atoms with Crippen LogP contribution in [-0.2, 0) is 19.9 Å². The van der Waals surface area contributed by atoms with Crippen molar-refractivity contribution >= 4 is 19.9 Å². The van der Waals surface area contributed by atoms with Crippen molar-refractivity contribution < 1.29 is 26.3 Å². The van der Waals surface area contributed by atoms with Gasteiger partial charge in [0.05, 0.1) is 30.9 Å². The van der Waals surface area contributed by atoms with E-state index in [1.54, 1.807) is 0 Å². The van der Waals surface area contributed by atoms with Crippen LogP contribution < -0.4 is 14.2 Å². The fourth-order valence-corrected chi connectivity index (χ4v) is 4.45. The highest BCUT2D eigenvalue weighted by Crippen LogP contribution is 2.29. The van der Waals surface area contributed by atoms with Crippen LogP contribution in [0.5, 0.6) is 11.5 Å². The second-order valence-corrected chi connectivity index (χ2v) is 8.05. The van der Waals surface area contributed by atoms with Crippen molar-refractivity contribution in [2.24, 2.45) is 0 Å². The SMILES string of the molecule is COc1ccc(S(=O)(=O)N[C@@H]2C=CS(=O)(=O)C2)cc1OC. The van der Waals surface area contributed by atoms with Gasteiger partial charge >= 0.3 is 0 Å². The minimum atomic E-state index is -3.85. The molecule has 1 aromatic carbocycles. The second-order valence-electron chi connectivity index (χ2n) is 4.40. The third-order valence-corrected chi connectivity index (χ3v) is 5.79. The molecule has 9 heteroatoms. The summed E-state index contributed by atoms with van der Waals surface area (Å²) in [5.74, 6) is 0.397. The summed E-state index contributed by atoms with van der Waals surface area (Å²) in [6.07, 6.45) is 1.31. The first-order valence-electron chi connectivity index (χ1n) is 5.93. The molecule has 0 saturated heterocycles. The lowest BCUT2D eigenvalue weighted by atomic mass is 10.3. The molecule has 0 aromatic heterocycles. The van der Waals surface area contributed by atoms with Crippen LogP contribution >= 0.6 is 0 Å². The van der Waals surface area contributed by atoms with Gasteiger partial charge in [-0.2, -0.15) is 0 Å². The van der Waals surface area contributed by atoms with Crippen LogP contribution in [0, 0.1) is 0 Å². The minimum Gasteiger partial charge on any atom is -0.493 e. The lowest BCUT2D eigenvalue weighted by Gasteiger charge is -2.13. The van der Waals surface area contributed by atoms with Crippen molar-refractivity contribution in [3.63, 3.8) is 0 Å². The summed E-state index contributed by atoms with van der Waals surface area (Å²) in [5.41, 5.74) is 0. The topological polar surface area (TPSA) is 98.8 Å². The van der Waals surface area contributed by atoms with E-state index in [0.29, 0.717) is 5.75 Å². The maximum Gasteiger partial charge on any atom is 0.241 e. The van der Waals surface area contributed by atoms with Gasteiger partial charge in [0.25, 0.3) is 0 Å². The van der Waals surface area contributed by atoms with E-state index >= 15 is 0 Å². The molecule has 21 heavy (non-hydrogen) atoms. The number of rotatable bonds is 5. The molecular weight excluding hydrogens is 318 g/mol. The van der Waals surface area contributed by atoms with Crippen LogP contribution in [0.15, 0.2) is 34.6 Å². The van der Waals surface area contributed by atoms with Crippen molar-refractivity contribution in [3.8, 4) is 11.5 Å². The molecule has 0 saturated carbocycles. The average Bonchev–Trinajstić information content (AvgIpc) is 2.76. The zero-order chi connectivity index (χ0) is 15.7. The Balaban J connectivity index is 2.26. The maximum atomic E-state index is 12.2. The van der Waals surface area contributed by atoms with E-state index in [0.717, 1.165) is 5.41 Å².